The van der Waals surface area contributed by atoms with Crippen molar-refractivity contribution in [2.24, 2.45) is 0 Å². The first kappa shape index (κ1) is 14.1. The van der Waals surface area contributed by atoms with Crippen LogP contribution in [-0.2, 0) is 0 Å². The summed E-state index contributed by atoms with van der Waals surface area (Å²) in [5, 5.41) is 17.2. The number of aromatic amines is 1. The standard InChI is InChI=1S/C17H15N5S/c1-11-5-6-12(9-14(11)17-19-21-22-20-17)7-8-16-18-15(10-23-16)13-3-2-4-13/h5-6,9-10,13H,2-4H2,1H3,(H,19,20,21,22). The Morgan fingerprint density at radius 2 is 2.17 bits per heavy atom. The van der Waals surface area contributed by atoms with Gasteiger partial charge in [0, 0.05) is 22.4 Å². The van der Waals surface area contributed by atoms with Crippen LogP contribution in [0, 0.1) is 18.8 Å². The van der Waals surface area contributed by atoms with Crippen molar-refractivity contribution < 1.29 is 0 Å². The van der Waals surface area contributed by atoms with Gasteiger partial charge in [0.1, 0.15) is 0 Å². The lowest BCUT2D eigenvalue weighted by atomic mass is 9.83. The van der Waals surface area contributed by atoms with Crippen LogP contribution < -0.4 is 0 Å². The lowest BCUT2D eigenvalue weighted by Gasteiger charge is -2.22. The number of thiazole rings is 1. The molecule has 0 atom stereocenters. The molecule has 0 amide bonds. The van der Waals surface area contributed by atoms with Gasteiger partial charge in [-0.1, -0.05) is 18.4 Å². The first-order valence-corrected chi connectivity index (χ1v) is 8.49. The first-order valence-electron chi connectivity index (χ1n) is 7.61. The van der Waals surface area contributed by atoms with Gasteiger partial charge in [-0.2, -0.15) is 5.21 Å². The van der Waals surface area contributed by atoms with Crippen molar-refractivity contribution in [1.82, 2.24) is 25.6 Å². The molecule has 1 aliphatic carbocycles. The fourth-order valence-electron chi connectivity index (χ4n) is 2.58. The number of hydrogen-bond donors (Lipinski definition) is 1. The van der Waals surface area contributed by atoms with Gasteiger partial charge >= 0.3 is 0 Å². The molecule has 1 N–H and O–H groups in total. The van der Waals surface area contributed by atoms with E-state index in [0.717, 1.165) is 21.7 Å². The highest BCUT2D eigenvalue weighted by molar-refractivity contribution is 7.10. The molecule has 6 heteroatoms. The fourth-order valence-corrected chi connectivity index (χ4v) is 3.32. The topological polar surface area (TPSA) is 67.3 Å². The second kappa shape index (κ2) is 5.94. The predicted molar refractivity (Wildman–Crippen MR) is 89.0 cm³/mol. The Morgan fingerprint density at radius 1 is 1.26 bits per heavy atom. The smallest absolute Gasteiger partial charge is 0.204 e. The Hall–Kier alpha value is -2.52. The summed E-state index contributed by atoms with van der Waals surface area (Å²) in [7, 11) is 0. The minimum Gasteiger partial charge on any atom is -0.232 e. The Morgan fingerprint density at radius 3 is 2.91 bits per heavy atom. The fraction of sp³-hybridized carbons (Fsp3) is 0.294. The summed E-state index contributed by atoms with van der Waals surface area (Å²) in [5.41, 5.74) is 4.18. The molecule has 114 valence electrons. The molecule has 1 saturated carbocycles. The quantitative estimate of drug-likeness (QED) is 0.735. The highest BCUT2D eigenvalue weighted by atomic mass is 32.1. The van der Waals surface area contributed by atoms with Gasteiger partial charge in [-0.05, 0) is 48.6 Å². The second-order valence-corrected chi connectivity index (χ2v) is 6.58. The summed E-state index contributed by atoms with van der Waals surface area (Å²) in [4.78, 5) is 4.64. The number of benzene rings is 1. The van der Waals surface area contributed by atoms with E-state index in [2.05, 4.69) is 42.8 Å². The van der Waals surface area contributed by atoms with Crippen LogP contribution in [0.2, 0.25) is 0 Å². The molecule has 1 aliphatic rings. The molecule has 2 heterocycles. The molecular weight excluding hydrogens is 306 g/mol. The normalized spacial score (nSPS) is 14.1. The summed E-state index contributed by atoms with van der Waals surface area (Å²) in [6.07, 6.45) is 3.86. The summed E-state index contributed by atoms with van der Waals surface area (Å²) >= 11 is 1.63. The van der Waals surface area contributed by atoms with Crippen molar-refractivity contribution in [2.75, 3.05) is 0 Å². The van der Waals surface area contributed by atoms with Crippen molar-refractivity contribution in [1.29, 1.82) is 0 Å². The number of nitrogens with zero attached hydrogens (tertiary/aromatic N) is 4. The van der Waals surface area contributed by atoms with Gasteiger partial charge in [0.05, 0.1) is 5.69 Å². The van der Waals surface area contributed by atoms with Crippen LogP contribution >= 0.6 is 11.3 Å². The minimum atomic E-state index is 0.590. The Kier molecular flexibility index (Phi) is 3.64. The molecule has 1 aromatic carbocycles. The van der Waals surface area contributed by atoms with Crippen molar-refractivity contribution in [3.63, 3.8) is 0 Å². The number of aromatic nitrogens is 5. The van der Waals surface area contributed by atoms with E-state index in [4.69, 9.17) is 0 Å². The van der Waals surface area contributed by atoms with Gasteiger partial charge < -0.3 is 0 Å². The maximum absolute atomic E-state index is 4.64. The average Bonchev–Trinajstić information content (AvgIpc) is 3.16. The molecule has 0 bridgehead atoms. The lowest BCUT2D eigenvalue weighted by molar-refractivity contribution is 0.412. The van der Waals surface area contributed by atoms with E-state index in [1.54, 1.807) is 11.3 Å². The van der Waals surface area contributed by atoms with Crippen LogP contribution in [-0.4, -0.2) is 25.6 Å². The summed E-state index contributed by atoms with van der Waals surface area (Å²) in [6, 6.07) is 6.03. The summed E-state index contributed by atoms with van der Waals surface area (Å²) < 4.78 is 0. The van der Waals surface area contributed by atoms with Crippen LogP contribution in [0.15, 0.2) is 23.6 Å². The van der Waals surface area contributed by atoms with Crippen LogP contribution in [0.3, 0.4) is 0 Å². The lowest BCUT2D eigenvalue weighted by Crippen LogP contribution is -2.08. The van der Waals surface area contributed by atoms with Crippen molar-refractivity contribution in [3.05, 3.63) is 45.4 Å². The number of tetrazole rings is 1. The van der Waals surface area contributed by atoms with E-state index in [9.17, 15) is 0 Å². The van der Waals surface area contributed by atoms with Crippen molar-refractivity contribution >= 4 is 11.3 Å². The Bertz CT molecular complexity index is 881. The SMILES string of the molecule is Cc1ccc(C#Cc2nc(C3CCC3)cs2)cc1-c1nn[nH]n1. The van der Waals surface area contributed by atoms with E-state index in [1.165, 1.54) is 25.0 Å². The average molecular weight is 321 g/mol. The van der Waals surface area contributed by atoms with Gasteiger partial charge in [-0.15, -0.1) is 21.5 Å². The molecule has 0 aliphatic heterocycles. The predicted octanol–water partition coefficient (Wildman–Crippen LogP) is 3.30. The van der Waals surface area contributed by atoms with Gasteiger partial charge in [-0.3, -0.25) is 0 Å². The largest absolute Gasteiger partial charge is 0.232 e. The van der Waals surface area contributed by atoms with Gasteiger partial charge in [0.25, 0.3) is 0 Å². The molecule has 5 nitrogen and oxygen atoms in total. The van der Waals surface area contributed by atoms with Crippen molar-refractivity contribution in [2.45, 2.75) is 32.1 Å². The van der Waals surface area contributed by atoms with Crippen LogP contribution in [0.1, 0.15) is 47.0 Å². The van der Waals surface area contributed by atoms with Gasteiger partial charge in [0.2, 0.25) is 5.82 Å². The van der Waals surface area contributed by atoms with Crippen LogP contribution in [0.5, 0.6) is 0 Å². The zero-order valence-corrected chi connectivity index (χ0v) is 13.5. The molecule has 2 aromatic heterocycles. The van der Waals surface area contributed by atoms with E-state index in [1.807, 2.05) is 25.1 Å². The number of rotatable bonds is 2. The Labute approximate surface area is 138 Å². The summed E-state index contributed by atoms with van der Waals surface area (Å²) in [6.45, 7) is 2.02. The minimum absolute atomic E-state index is 0.590. The van der Waals surface area contributed by atoms with Gasteiger partial charge in [0.15, 0.2) is 5.01 Å². The molecule has 0 unspecified atom stereocenters. The molecule has 0 spiro atoms. The van der Waals surface area contributed by atoms with E-state index >= 15 is 0 Å². The van der Waals surface area contributed by atoms with E-state index in [0.29, 0.717) is 11.7 Å². The van der Waals surface area contributed by atoms with Crippen LogP contribution in [0.25, 0.3) is 11.4 Å². The zero-order chi connectivity index (χ0) is 15.6. The van der Waals surface area contributed by atoms with E-state index in [-0.39, 0.29) is 0 Å². The van der Waals surface area contributed by atoms with E-state index < -0.39 is 0 Å². The monoisotopic (exact) mass is 321 g/mol. The zero-order valence-electron chi connectivity index (χ0n) is 12.7. The third-order valence-electron chi connectivity index (χ3n) is 4.18. The number of hydrogen-bond acceptors (Lipinski definition) is 5. The Balaban J connectivity index is 1.60. The third kappa shape index (κ3) is 2.88. The number of nitrogens with one attached hydrogen (secondary N) is 1. The van der Waals surface area contributed by atoms with Crippen LogP contribution in [0.4, 0.5) is 0 Å². The number of H-pyrrole nitrogens is 1. The molecular formula is C17H15N5S. The molecule has 23 heavy (non-hydrogen) atoms. The molecule has 0 radical (unpaired) electrons. The van der Waals surface area contributed by atoms with Crippen molar-refractivity contribution in [3.8, 4) is 23.2 Å². The maximum Gasteiger partial charge on any atom is 0.204 e. The molecule has 3 aromatic rings. The third-order valence-corrected chi connectivity index (χ3v) is 4.96. The maximum atomic E-state index is 4.64. The molecule has 4 rings (SSSR count). The number of aryl methyl sites for hydroxylation is 1. The first-order chi connectivity index (χ1) is 11.3. The van der Waals surface area contributed by atoms with Gasteiger partial charge in [-0.25, -0.2) is 4.98 Å². The molecule has 0 saturated heterocycles. The second-order valence-electron chi connectivity index (χ2n) is 5.72. The summed E-state index contributed by atoms with van der Waals surface area (Å²) in [5.74, 6) is 7.61. The highest BCUT2D eigenvalue weighted by Crippen LogP contribution is 2.36. The molecule has 1 fully saturated rings. The highest BCUT2D eigenvalue weighted by Gasteiger charge is 2.21.